The van der Waals surface area contributed by atoms with E-state index in [0.717, 1.165) is 56.1 Å². The Morgan fingerprint density at radius 2 is 1.87 bits per heavy atom. The molecule has 5 rings (SSSR count). The Labute approximate surface area is 225 Å². The van der Waals surface area contributed by atoms with Gasteiger partial charge in [0.25, 0.3) is 5.91 Å². The molecule has 1 unspecified atom stereocenters. The summed E-state index contributed by atoms with van der Waals surface area (Å²) in [5, 5.41) is 14.7. The smallest absolute Gasteiger partial charge is 0.321 e. The molecule has 210 valence electrons. The zero-order valence-corrected chi connectivity index (χ0v) is 22.7. The van der Waals surface area contributed by atoms with Crippen LogP contribution in [0.4, 0.5) is 10.6 Å². The number of fused-ring (bicyclic) bond motifs is 1. The van der Waals surface area contributed by atoms with Crippen molar-refractivity contribution < 1.29 is 14.3 Å². The first-order valence-electron chi connectivity index (χ1n) is 13.6. The third kappa shape index (κ3) is 5.31. The van der Waals surface area contributed by atoms with Gasteiger partial charge in [-0.3, -0.25) is 19.5 Å². The fourth-order valence-electron chi connectivity index (χ4n) is 5.97. The van der Waals surface area contributed by atoms with Gasteiger partial charge in [-0.15, -0.1) is 0 Å². The Bertz CT molecular complexity index is 1140. The first kappa shape index (κ1) is 28.1. The van der Waals surface area contributed by atoms with Gasteiger partial charge in [0, 0.05) is 57.0 Å². The number of H-pyrrole nitrogens is 1. The number of hydrogen-bond acceptors (Lipinski definition) is 6. The fourth-order valence-corrected chi connectivity index (χ4v) is 5.97. The number of aromatic nitrogens is 4. The molecule has 2 fully saturated rings. The molecular weight excluding hydrogens is 484 g/mol. The highest BCUT2D eigenvalue weighted by molar-refractivity contribution is 6.03. The van der Waals surface area contributed by atoms with Crippen LogP contribution in [0, 0.1) is 12.8 Å². The number of aromatic amines is 1. The summed E-state index contributed by atoms with van der Waals surface area (Å²) in [7, 11) is 0. The predicted octanol–water partition coefficient (Wildman–Crippen LogP) is 3.64. The summed E-state index contributed by atoms with van der Waals surface area (Å²) >= 11 is 0. The Hall–Kier alpha value is -2.92. The van der Waals surface area contributed by atoms with E-state index in [1.165, 1.54) is 0 Å². The molecule has 0 aliphatic carbocycles. The SMILES string of the molecule is C.CCn1nc(C)cc1C(=O)Nc1n[nH]c2c1CN(C(=O)N1C[C@@H](C)N(CC3CCOCC3)C[C@@H]1C)C2C. The summed E-state index contributed by atoms with van der Waals surface area (Å²) in [5.41, 5.74) is 3.04. The molecule has 3 aliphatic rings. The van der Waals surface area contributed by atoms with Gasteiger partial charge in [0.05, 0.1) is 24.0 Å². The van der Waals surface area contributed by atoms with E-state index in [2.05, 4.69) is 39.4 Å². The van der Waals surface area contributed by atoms with E-state index in [9.17, 15) is 9.59 Å². The number of hydrogen-bond donors (Lipinski definition) is 2. The second kappa shape index (κ2) is 11.4. The Morgan fingerprint density at radius 3 is 2.58 bits per heavy atom. The van der Waals surface area contributed by atoms with Crippen molar-refractivity contribution >= 4 is 17.8 Å². The van der Waals surface area contributed by atoms with Gasteiger partial charge >= 0.3 is 6.03 Å². The van der Waals surface area contributed by atoms with E-state index in [1.807, 2.05) is 30.6 Å². The molecule has 2 aromatic rings. The number of urea groups is 1. The third-order valence-electron chi connectivity index (χ3n) is 8.22. The highest BCUT2D eigenvalue weighted by Gasteiger charge is 2.41. The average molecular weight is 529 g/mol. The van der Waals surface area contributed by atoms with Crippen molar-refractivity contribution in [3.05, 3.63) is 28.7 Å². The third-order valence-corrected chi connectivity index (χ3v) is 8.22. The number of carbonyl (C=O) groups is 2. The summed E-state index contributed by atoms with van der Waals surface area (Å²) < 4.78 is 7.21. The van der Waals surface area contributed by atoms with Gasteiger partial charge in [0.2, 0.25) is 0 Å². The Balaban J connectivity index is 0.00000336. The van der Waals surface area contributed by atoms with Gasteiger partial charge in [0.15, 0.2) is 5.82 Å². The van der Waals surface area contributed by atoms with Gasteiger partial charge < -0.3 is 19.9 Å². The molecular formula is C27H44N8O3. The van der Waals surface area contributed by atoms with Gasteiger partial charge in [-0.2, -0.15) is 10.2 Å². The molecule has 38 heavy (non-hydrogen) atoms. The molecule has 5 heterocycles. The van der Waals surface area contributed by atoms with E-state index in [1.54, 1.807) is 10.7 Å². The van der Waals surface area contributed by atoms with Crippen molar-refractivity contribution in [2.45, 2.75) is 86.1 Å². The maximum atomic E-state index is 13.8. The molecule has 2 aromatic heterocycles. The van der Waals surface area contributed by atoms with Crippen LogP contribution < -0.4 is 5.32 Å². The zero-order chi connectivity index (χ0) is 26.3. The minimum atomic E-state index is -0.253. The Kier molecular flexibility index (Phi) is 8.46. The summed E-state index contributed by atoms with van der Waals surface area (Å²) in [6.45, 7) is 15.6. The summed E-state index contributed by atoms with van der Waals surface area (Å²) in [6, 6.07) is 2.10. The summed E-state index contributed by atoms with van der Waals surface area (Å²) in [4.78, 5) is 33.2. The number of aryl methyl sites for hydroxylation is 2. The molecule has 3 amide bonds. The van der Waals surface area contributed by atoms with Crippen LogP contribution in [0.3, 0.4) is 0 Å². The minimum absolute atomic E-state index is 0. The van der Waals surface area contributed by atoms with Crippen LogP contribution in [0.1, 0.15) is 81.4 Å². The maximum absolute atomic E-state index is 13.8. The van der Waals surface area contributed by atoms with Gasteiger partial charge in [-0.25, -0.2) is 4.79 Å². The molecule has 2 saturated heterocycles. The van der Waals surface area contributed by atoms with Crippen LogP contribution in [0.25, 0.3) is 0 Å². The molecule has 11 nitrogen and oxygen atoms in total. The lowest BCUT2D eigenvalue weighted by Gasteiger charge is -2.46. The first-order chi connectivity index (χ1) is 17.8. The van der Waals surface area contributed by atoms with E-state index >= 15 is 0 Å². The second-order valence-electron chi connectivity index (χ2n) is 10.9. The van der Waals surface area contributed by atoms with E-state index < -0.39 is 0 Å². The predicted molar refractivity (Wildman–Crippen MR) is 146 cm³/mol. The molecule has 3 aliphatic heterocycles. The van der Waals surface area contributed by atoms with E-state index in [4.69, 9.17) is 4.74 Å². The van der Waals surface area contributed by atoms with Gasteiger partial charge in [-0.05, 0) is 59.4 Å². The lowest BCUT2D eigenvalue weighted by Crippen LogP contribution is -2.60. The maximum Gasteiger partial charge on any atom is 0.321 e. The number of nitrogens with one attached hydrogen (secondary N) is 2. The molecule has 11 heteroatoms. The quantitative estimate of drug-likeness (QED) is 0.613. The van der Waals surface area contributed by atoms with Gasteiger partial charge in [-0.1, -0.05) is 7.43 Å². The standard InChI is InChI=1S/C26H40N8O3.CH4/c1-6-34-22(11-16(2)30-34)25(35)27-24-21-15-33(19(5)23(21)28-29-24)26(36)32-13-17(3)31(12-18(32)4)14-20-7-9-37-10-8-20;/h11,17-20H,6-10,12-15H2,1-5H3,(H2,27,28,29,35);1H4/t17-,18+,19?;/m1./s1. The largest absolute Gasteiger partial charge is 0.381 e. The zero-order valence-electron chi connectivity index (χ0n) is 22.7. The molecule has 3 atom stereocenters. The minimum Gasteiger partial charge on any atom is -0.381 e. The summed E-state index contributed by atoms with van der Waals surface area (Å²) in [6.07, 6.45) is 2.24. The highest BCUT2D eigenvalue weighted by atomic mass is 16.5. The van der Waals surface area contributed by atoms with E-state index in [0.29, 0.717) is 43.1 Å². The monoisotopic (exact) mass is 528 g/mol. The molecule has 2 N–H and O–H groups in total. The lowest BCUT2D eigenvalue weighted by molar-refractivity contribution is 0.0127. The number of amides is 3. The highest BCUT2D eigenvalue weighted by Crippen LogP contribution is 2.37. The van der Waals surface area contributed by atoms with Crippen molar-refractivity contribution in [3.63, 3.8) is 0 Å². The second-order valence-corrected chi connectivity index (χ2v) is 10.9. The topological polar surface area (TPSA) is 112 Å². The number of rotatable bonds is 5. The van der Waals surface area contributed by atoms with Crippen LogP contribution in [-0.2, 0) is 17.8 Å². The van der Waals surface area contributed by atoms with Crippen LogP contribution in [-0.4, -0.2) is 91.5 Å². The molecule has 0 radical (unpaired) electrons. The Morgan fingerprint density at radius 1 is 1.13 bits per heavy atom. The first-order valence-corrected chi connectivity index (χ1v) is 13.6. The number of nitrogens with zero attached hydrogens (tertiary/aromatic N) is 6. The van der Waals surface area contributed by atoms with Crippen LogP contribution in [0.2, 0.25) is 0 Å². The number of ether oxygens (including phenoxy) is 1. The van der Waals surface area contributed by atoms with Gasteiger partial charge in [0.1, 0.15) is 5.69 Å². The molecule has 0 saturated carbocycles. The normalized spacial score (nSPS) is 24.3. The van der Waals surface area contributed by atoms with E-state index in [-0.39, 0.29) is 31.4 Å². The van der Waals surface area contributed by atoms with Crippen molar-refractivity contribution in [3.8, 4) is 0 Å². The number of anilines is 1. The van der Waals surface area contributed by atoms with Crippen molar-refractivity contribution in [1.82, 2.24) is 34.7 Å². The van der Waals surface area contributed by atoms with Crippen molar-refractivity contribution in [1.29, 1.82) is 0 Å². The van der Waals surface area contributed by atoms with Crippen LogP contribution in [0.5, 0.6) is 0 Å². The average Bonchev–Trinajstić information content (AvgIpc) is 3.56. The van der Waals surface area contributed by atoms with Crippen molar-refractivity contribution in [2.75, 3.05) is 38.2 Å². The number of piperazine rings is 1. The lowest BCUT2D eigenvalue weighted by atomic mass is 9.97. The molecule has 0 bridgehead atoms. The fraction of sp³-hybridized carbons (Fsp3) is 0.704. The number of carbonyl (C=O) groups excluding carboxylic acids is 2. The van der Waals surface area contributed by atoms with Crippen LogP contribution in [0.15, 0.2) is 6.07 Å². The summed E-state index contributed by atoms with van der Waals surface area (Å²) in [5.74, 6) is 0.902. The van der Waals surface area contributed by atoms with Crippen LogP contribution >= 0.6 is 0 Å². The molecule has 0 aromatic carbocycles. The van der Waals surface area contributed by atoms with Crippen molar-refractivity contribution in [2.24, 2.45) is 5.92 Å². The molecule has 0 spiro atoms.